The van der Waals surface area contributed by atoms with Gasteiger partial charge in [0.1, 0.15) is 11.5 Å². The third-order valence-corrected chi connectivity index (χ3v) is 2.21. The zero-order valence-electron chi connectivity index (χ0n) is 9.71. The topological polar surface area (TPSA) is 61.5 Å². The number of anilines is 1. The molecule has 0 radical (unpaired) electrons. The highest BCUT2D eigenvalue weighted by Gasteiger charge is 2.05. The Bertz CT molecular complexity index is 508. The Morgan fingerprint density at radius 3 is 2.28 bits per heavy atom. The fraction of sp³-hybridized carbons (Fsp3) is 0.0714. The molecule has 0 atom stereocenters. The van der Waals surface area contributed by atoms with Gasteiger partial charge in [-0.2, -0.15) is 0 Å². The molecule has 0 heterocycles. The van der Waals surface area contributed by atoms with Gasteiger partial charge < -0.3 is 15.2 Å². The number of carbonyl (C=O) groups excluding carboxylic acids is 1. The Hall–Kier alpha value is -2.49. The Kier molecular flexibility index (Phi) is 3.81. The zero-order valence-corrected chi connectivity index (χ0v) is 9.71. The number of hydrogen-bond donors (Lipinski definition) is 1. The van der Waals surface area contributed by atoms with Gasteiger partial charge in [0.25, 0.3) is 0 Å². The number of ether oxygens (including phenoxy) is 2. The van der Waals surface area contributed by atoms with E-state index in [0.717, 1.165) is 0 Å². The lowest BCUT2D eigenvalue weighted by Gasteiger charge is -2.06. The number of rotatable bonds is 4. The maximum atomic E-state index is 11.5. The van der Waals surface area contributed by atoms with Crippen molar-refractivity contribution in [1.82, 2.24) is 0 Å². The lowest BCUT2D eigenvalue weighted by atomic mass is 10.3. The summed E-state index contributed by atoms with van der Waals surface area (Å²) in [5.41, 5.74) is 6.19. The Morgan fingerprint density at radius 1 is 0.944 bits per heavy atom. The van der Waals surface area contributed by atoms with Crippen molar-refractivity contribution in [3.8, 4) is 11.5 Å². The van der Waals surface area contributed by atoms with Crippen molar-refractivity contribution >= 4 is 11.7 Å². The summed E-state index contributed by atoms with van der Waals surface area (Å²) in [6.45, 7) is -0.140. The molecule has 2 rings (SSSR count). The molecule has 0 aliphatic carbocycles. The van der Waals surface area contributed by atoms with Gasteiger partial charge in [0.05, 0.1) is 0 Å². The van der Waals surface area contributed by atoms with Crippen LogP contribution in [-0.4, -0.2) is 12.6 Å². The highest BCUT2D eigenvalue weighted by Crippen LogP contribution is 2.13. The second-order valence-corrected chi connectivity index (χ2v) is 3.64. The molecule has 2 aromatic rings. The molecule has 0 unspecified atom stereocenters. The summed E-state index contributed by atoms with van der Waals surface area (Å²) >= 11 is 0. The van der Waals surface area contributed by atoms with Crippen LogP contribution in [0, 0.1) is 0 Å². The standard InChI is InChI=1S/C14H13NO3/c15-11-6-8-12(9-7-11)17-10-14(16)18-13-4-2-1-3-5-13/h1-9H,10,15H2. The van der Waals surface area contributed by atoms with Gasteiger partial charge in [-0.3, -0.25) is 0 Å². The molecule has 0 aromatic heterocycles. The van der Waals surface area contributed by atoms with Crippen molar-refractivity contribution in [1.29, 1.82) is 0 Å². The van der Waals surface area contributed by atoms with Crippen LogP contribution in [0.25, 0.3) is 0 Å². The van der Waals surface area contributed by atoms with Crippen molar-refractivity contribution in [3.05, 3.63) is 54.6 Å². The molecule has 0 amide bonds. The number of nitrogens with two attached hydrogens (primary N) is 1. The number of esters is 1. The molecule has 92 valence electrons. The van der Waals surface area contributed by atoms with Crippen LogP contribution in [0.4, 0.5) is 5.69 Å². The smallest absolute Gasteiger partial charge is 0.349 e. The second kappa shape index (κ2) is 5.72. The predicted molar refractivity (Wildman–Crippen MR) is 68.4 cm³/mol. The lowest BCUT2D eigenvalue weighted by Crippen LogP contribution is -2.17. The fourth-order valence-corrected chi connectivity index (χ4v) is 1.36. The van der Waals surface area contributed by atoms with E-state index in [9.17, 15) is 4.79 Å². The van der Waals surface area contributed by atoms with Gasteiger partial charge in [0.2, 0.25) is 0 Å². The molecule has 0 bridgehead atoms. The quantitative estimate of drug-likeness (QED) is 0.508. The molecule has 0 fully saturated rings. The van der Waals surface area contributed by atoms with Crippen molar-refractivity contribution < 1.29 is 14.3 Å². The number of hydrogen-bond acceptors (Lipinski definition) is 4. The highest BCUT2D eigenvalue weighted by atomic mass is 16.6. The Labute approximate surface area is 105 Å². The van der Waals surface area contributed by atoms with Crippen LogP contribution in [0.3, 0.4) is 0 Å². The predicted octanol–water partition coefficient (Wildman–Crippen LogP) is 2.25. The molecule has 0 aliphatic rings. The zero-order chi connectivity index (χ0) is 12.8. The first kappa shape index (κ1) is 12.0. The van der Waals surface area contributed by atoms with Gasteiger partial charge >= 0.3 is 5.97 Å². The molecule has 4 heteroatoms. The molecular weight excluding hydrogens is 230 g/mol. The van der Waals surface area contributed by atoms with Crippen LogP contribution in [0.5, 0.6) is 11.5 Å². The largest absolute Gasteiger partial charge is 0.482 e. The van der Waals surface area contributed by atoms with Crippen LogP contribution in [0.2, 0.25) is 0 Å². The average molecular weight is 243 g/mol. The SMILES string of the molecule is Nc1ccc(OCC(=O)Oc2ccccc2)cc1. The van der Waals surface area contributed by atoms with Crippen LogP contribution >= 0.6 is 0 Å². The van der Waals surface area contributed by atoms with Crippen molar-refractivity contribution in [2.45, 2.75) is 0 Å². The third-order valence-electron chi connectivity index (χ3n) is 2.21. The van der Waals surface area contributed by atoms with Crippen LogP contribution < -0.4 is 15.2 Å². The van der Waals surface area contributed by atoms with E-state index in [0.29, 0.717) is 17.2 Å². The van der Waals surface area contributed by atoms with Gasteiger partial charge in [0, 0.05) is 5.69 Å². The van der Waals surface area contributed by atoms with Crippen molar-refractivity contribution in [2.24, 2.45) is 0 Å². The number of para-hydroxylation sites is 1. The first-order valence-corrected chi connectivity index (χ1v) is 5.48. The monoisotopic (exact) mass is 243 g/mol. The van der Waals surface area contributed by atoms with E-state index in [-0.39, 0.29) is 6.61 Å². The highest BCUT2D eigenvalue weighted by molar-refractivity contribution is 5.73. The number of carbonyl (C=O) groups is 1. The minimum absolute atomic E-state index is 0.140. The summed E-state index contributed by atoms with van der Waals surface area (Å²) in [4.78, 5) is 11.5. The number of nitrogen functional groups attached to an aromatic ring is 1. The van der Waals surface area contributed by atoms with Crippen LogP contribution in [-0.2, 0) is 4.79 Å². The number of benzene rings is 2. The molecule has 4 nitrogen and oxygen atoms in total. The normalized spacial score (nSPS) is 9.78. The molecule has 0 saturated carbocycles. The maximum absolute atomic E-state index is 11.5. The van der Waals surface area contributed by atoms with Gasteiger partial charge in [0.15, 0.2) is 6.61 Å². The molecule has 18 heavy (non-hydrogen) atoms. The van der Waals surface area contributed by atoms with Crippen molar-refractivity contribution in [2.75, 3.05) is 12.3 Å². The molecule has 2 aromatic carbocycles. The van der Waals surface area contributed by atoms with E-state index in [1.807, 2.05) is 6.07 Å². The fourth-order valence-electron chi connectivity index (χ4n) is 1.36. The Morgan fingerprint density at radius 2 is 1.61 bits per heavy atom. The summed E-state index contributed by atoms with van der Waals surface area (Å²) in [5, 5.41) is 0. The Balaban J connectivity index is 1.83. The van der Waals surface area contributed by atoms with E-state index in [1.165, 1.54) is 0 Å². The van der Waals surface area contributed by atoms with E-state index in [2.05, 4.69) is 0 Å². The van der Waals surface area contributed by atoms with E-state index in [4.69, 9.17) is 15.2 Å². The summed E-state index contributed by atoms with van der Waals surface area (Å²) in [7, 11) is 0. The minimum atomic E-state index is -0.446. The van der Waals surface area contributed by atoms with Gasteiger partial charge in [-0.15, -0.1) is 0 Å². The first-order valence-electron chi connectivity index (χ1n) is 5.48. The van der Waals surface area contributed by atoms with Gasteiger partial charge in [-0.1, -0.05) is 18.2 Å². The van der Waals surface area contributed by atoms with Gasteiger partial charge in [-0.25, -0.2) is 4.79 Å². The third kappa shape index (κ3) is 3.52. The first-order chi connectivity index (χ1) is 8.74. The minimum Gasteiger partial charge on any atom is -0.482 e. The lowest BCUT2D eigenvalue weighted by molar-refractivity contribution is -0.136. The molecule has 0 aliphatic heterocycles. The second-order valence-electron chi connectivity index (χ2n) is 3.64. The van der Waals surface area contributed by atoms with Crippen LogP contribution in [0.1, 0.15) is 0 Å². The molecule has 0 saturated heterocycles. The average Bonchev–Trinajstić information content (AvgIpc) is 2.39. The maximum Gasteiger partial charge on any atom is 0.349 e. The molecule has 2 N–H and O–H groups in total. The molecular formula is C14H13NO3. The summed E-state index contributed by atoms with van der Waals surface area (Å²) < 4.78 is 10.3. The van der Waals surface area contributed by atoms with Crippen LogP contribution in [0.15, 0.2) is 54.6 Å². The summed E-state index contributed by atoms with van der Waals surface area (Å²) in [6.07, 6.45) is 0. The van der Waals surface area contributed by atoms with E-state index >= 15 is 0 Å². The van der Waals surface area contributed by atoms with E-state index < -0.39 is 5.97 Å². The summed E-state index contributed by atoms with van der Waals surface area (Å²) in [6, 6.07) is 15.7. The van der Waals surface area contributed by atoms with Gasteiger partial charge in [-0.05, 0) is 36.4 Å². The molecule has 0 spiro atoms. The summed E-state index contributed by atoms with van der Waals surface area (Å²) in [5.74, 6) is 0.635. The van der Waals surface area contributed by atoms with Crippen molar-refractivity contribution in [3.63, 3.8) is 0 Å². The van der Waals surface area contributed by atoms with E-state index in [1.54, 1.807) is 48.5 Å².